The second-order valence-electron chi connectivity index (χ2n) is 6.37. The number of ether oxygens (including phenoxy) is 2. The van der Waals surface area contributed by atoms with Gasteiger partial charge in [-0.15, -0.1) is 0 Å². The SMILES string of the molecule is CC(C)NC1(C(N)=O)CCCC1CCOC1CCOC1. The Hall–Kier alpha value is -0.650. The summed E-state index contributed by atoms with van der Waals surface area (Å²) < 4.78 is 11.1. The van der Waals surface area contributed by atoms with Crippen LogP contribution in [0.4, 0.5) is 0 Å². The molecule has 0 aromatic heterocycles. The van der Waals surface area contributed by atoms with Crippen LogP contribution in [-0.2, 0) is 14.3 Å². The molecule has 0 spiro atoms. The molecule has 1 saturated carbocycles. The molecule has 3 N–H and O–H groups in total. The van der Waals surface area contributed by atoms with Gasteiger partial charge in [0.1, 0.15) is 5.54 Å². The Kier molecular flexibility index (Phi) is 5.41. The highest BCUT2D eigenvalue weighted by atomic mass is 16.5. The summed E-state index contributed by atoms with van der Waals surface area (Å²) in [6, 6.07) is 0.257. The van der Waals surface area contributed by atoms with E-state index in [-0.39, 0.29) is 24.0 Å². The van der Waals surface area contributed by atoms with Gasteiger partial charge in [-0.3, -0.25) is 4.79 Å². The number of nitrogens with one attached hydrogen (secondary N) is 1. The van der Waals surface area contributed by atoms with Crippen molar-refractivity contribution >= 4 is 5.91 Å². The summed E-state index contributed by atoms with van der Waals surface area (Å²) in [5.74, 6) is 0.0719. The van der Waals surface area contributed by atoms with Crippen LogP contribution in [0.25, 0.3) is 0 Å². The number of nitrogens with two attached hydrogens (primary N) is 1. The van der Waals surface area contributed by atoms with Gasteiger partial charge in [-0.1, -0.05) is 6.42 Å². The minimum absolute atomic E-state index is 0.210. The Labute approximate surface area is 121 Å². The van der Waals surface area contributed by atoms with E-state index in [2.05, 4.69) is 19.2 Å². The van der Waals surface area contributed by atoms with E-state index in [0.29, 0.717) is 13.2 Å². The number of carbonyl (C=O) groups is 1. The van der Waals surface area contributed by atoms with Crippen LogP contribution in [0.15, 0.2) is 0 Å². The quantitative estimate of drug-likeness (QED) is 0.737. The number of hydrogen-bond donors (Lipinski definition) is 2. The second-order valence-corrected chi connectivity index (χ2v) is 6.37. The number of amides is 1. The van der Waals surface area contributed by atoms with Crippen molar-refractivity contribution in [1.29, 1.82) is 0 Å². The standard InChI is InChI=1S/C15H28N2O3/c1-11(2)17-15(14(16)18)7-3-4-12(15)5-9-20-13-6-8-19-10-13/h11-13,17H,3-10H2,1-2H3,(H2,16,18). The molecule has 1 aliphatic carbocycles. The van der Waals surface area contributed by atoms with Crippen molar-refractivity contribution in [2.45, 2.75) is 63.6 Å². The van der Waals surface area contributed by atoms with Crippen molar-refractivity contribution < 1.29 is 14.3 Å². The molecular weight excluding hydrogens is 256 g/mol. The lowest BCUT2D eigenvalue weighted by Crippen LogP contribution is -2.60. The van der Waals surface area contributed by atoms with Crippen molar-refractivity contribution in [3.05, 3.63) is 0 Å². The van der Waals surface area contributed by atoms with Crippen LogP contribution in [0.5, 0.6) is 0 Å². The molecule has 2 aliphatic rings. The zero-order chi connectivity index (χ0) is 14.6. The van der Waals surface area contributed by atoms with E-state index in [4.69, 9.17) is 15.2 Å². The van der Waals surface area contributed by atoms with Crippen molar-refractivity contribution in [2.24, 2.45) is 11.7 Å². The Balaban J connectivity index is 1.88. The average Bonchev–Trinajstić information content (AvgIpc) is 2.99. The molecule has 1 heterocycles. The van der Waals surface area contributed by atoms with Crippen LogP contribution in [0.1, 0.15) is 46.0 Å². The third-order valence-electron chi connectivity index (χ3n) is 4.51. The largest absolute Gasteiger partial charge is 0.379 e. The van der Waals surface area contributed by atoms with Gasteiger partial charge in [0.2, 0.25) is 5.91 Å². The monoisotopic (exact) mass is 284 g/mol. The number of rotatable bonds is 7. The first-order valence-corrected chi connectivity index (χ1v) is 7.81. The van der Waals surface area contributed by atoms with Crippen molar-refractivity contribution in [2.75, 3.05) is 19.8 Å². The number of carbonyl (C=O) groups excluding carboxylic acids is 1. The van der Waals surface area contributed by atoms with Crippen molar-refractivity contribution in [3.8, 4) is 0 Å². The lowest BCUT2D eigenvalue weighted by molar-refractivity contribution is -0.126. The molecule has 0 bridgehead atoms. The van der Waals surface area contributed by atoms with Crippen LogP contribution < -0.4 is 11.1 Å². The predicted molar refractivity (Wildman–Crippen MR) is 77.3 cm³/mol. The van der Waals surface area contributed by atoms with Crippen molar-refractivity contribution in [1.82, 2.24) is 5.32 Å². The summed E-state index contributed by atoms with van der Waals surface area (Å²) in [5, 5.41) is 3.43. The number of hydrogen-bond acceptors (Lipinski definition) is 4. The molecule has 5 heteroatoms. The maximum Gasteiger partial charge on any atom is 0.238 e. The van der Waals surface area contributed by atoms with Gasteiger partial charge in [-0.25, -0.2) is 0 Å². The molecule has 5 nitrogen and oxygen atoms in total. The van der Waals surface area contributed by atoms with Gasteiger partial charge in [0.15, 0.2) is 0 Å². The zero-order valence-electron chi connectivity index (χ0n) is 12.7. The van der Waals surface area contributed by atoms with Gasteiger partial charge in [0.05, 0.1) is 12.7 Å². The fraction of sp³-hybridized carbons (Fsp3) is 0.933. The minimum Gasteiger partial charge on any atom is -0.379 e. The fourth-order valence-corrected chi connectivity index (χ4v) is 3.59. The van der Waals surface area contributed by atoms with E-state index in [1.807, 2.05) is 0 Å². The van der Waals surface area contributed by atoms with Gasteiger partial charge < -0.3 is 20.5 Å². The van der Waals surface area contributed by atoms with E-state index in [9.17, 15) is 4.79 Å². The van der Waals surface area contributed by atoms with E-state index < -0.39 is 5.54 Å². The molecule has 2 fully saturated rings. The summed E-state index contributed by atoms with van der Waals surface area (Å²) in [6.07, 6.45) is 5.05. The lowest BCUT2D eigenvalue weighted by atomic mass is 9.83. The van der Waals surface area contributed by atoms with Gasteiger partial charge in [0.25, 0.3) is 0 Å². The molecule has 20 heavy (non-hydrogen) atoms. The minimum atomic E-state index is -0.538. The predicted octanol–water partition coefficient (Wildman–Crippen LogP) is 1.20. The van der Waals surface area contributed by atoms with Gasteiger partial charge in [-0.05, 0) is 45.4 Å². The smallest absolute Gasteiger partial charge is 0.238 e. The first kappa shape index (κ1) is 15.7. The zero-order valence-corrected chi connectivity index (χ0v) is 12.7. The molecule has 3 unspecified atom stereocenters. The van der Waals surface area contributed by atoms with Crippen molar-refractivity contribution in [3.63, 3.8) is 0 Å². The van der Waals surface area contributed by atoms with E-state index in [1.165, 1.54) is 0 Å². The van der Waals surface area contributed by atoms with E-state index in [1.54, 1.807) is 0 Å². The maximum absolute atomic E-state index is 12.0. The Morgan fingerprint density at radius 3 is 2.90 bits per heavy atom. The molecule has 0 radical (unpaired) electrons. The van der Waals surface area contributed by atoms with Gasteiger partial charge in [-0.2, -0.15) is 0 Å². The van der Waals surface area contributed by atoms with Crippen LogP contribution in [-0.4, -0.2) is 43.4 Å². The molecule has 1 amide bonds. The molecule has 1 saturated heterocycles. The molecule has 0 aromatic rings. The third kappa shape index (κ3) is 3.51. The fourth-order valence-electron chi connectivity index (χ4n) is 3.59. The summed E-state index contributed by atoms with van der Waals surface area (Å²) in [5.41, 5.74) is 5.17. The molecule has 0 aromatic carbocycles. The highest BCUT2D eigenvalue weighted by Crippen LogP contribution is 2.38. The van der Waals surface area contributed by atoms with Gasteiger partial charge >= 0.3 is 0 Å². The summed E-state index contributed by atoms with van der Waals surface area (Å²) in [4.78, 5) is 12.0. The molecule has 2 rings (SSSR count). The molecule has 1 aliphatic heterocycles. The normalized spacial score (nSPS) is 34.0. The maximum atomic E-state index is 12.0. The second kappa shape index (κ2) is 6.87. The Bertz CT molecular complexity index is 329. The van der Waals surface area contributed by atoms with Crippen LogP contribution in [0.2, 0.25) is 0 Å². The average molecular weight is 284 g/mol. The summed E-state index contributed by atoms with van der Waals surface area (Å²) in [6.45, 7) is 6.32. The highest BCUT2D eigenvalue weighted by Gasteiger charge is 2.47. The summed E-state index contributed by atoms with van der Waals surface area (Å²) >= 11 is 0. The van der Waals surface area contributed by atoms with Crippen LogP contribution >= 0.6 is 0 Å². The highest BCUT2D eigenvalue weighted by molar-refractivity contribution is 5.85. The Morgan fingerprint density at radius 2 is 2.30 bits per heavy atom. The molecule has 116 valence electrons. The molecular formula is C15H28N2O3. The first-order valence-electron chi connectivity index (χ1n) is 7.81. The lowest BCUT2D eigenvalue weighted by Gasteiger charge is -2.35. The molecule has 3 atom stereocenters. The third-order valence-corrected chi connectivity index (χ3v) is 4.51. The van der Waals surface area contributed by atoms with Gasteiger partial charge in [0, 0.05) is 19.3 Å². The number of primary amides is 1. The summed E-state index contributed by atoms with van der Waals surface area (Å²) in [7, 11) is 0. The topological polar surface area (TPSA) is 73.6 Å². The van der Waals surface area contributed by atoms with Crippen LogP contribution in [0.3, 0.4) is 0 Å². The van der Waals surface area contributed by atoms with E-state index >= 15 is 0 Å². The van der Waals surface area contributed by atoms with E-state index in [0.717, 1.165) is 38.7 Å². The first-order chi connectivity index (χ1) is 9.54. The van der Waals surface area contributed by atoms with Crippen LogP contribution in [0, 0.1) is 5.92 Å². The Morgan fingerprint density at radius 1 is 1.50 bits per heavy atom.